The molecule has 0 atom stereocenters. The Morgan fingerprint density at radius 2 is 2.18 bits per heavy atom. The maximum atomic E-state index is 11.4. The molecule has 8 nitrogen and oxygen atoms in total. The highest BCUT2D eigenvalue weighted by Crippen LogP contribution is 2.37. The fourth-order valence-corrected chi connectivity index (χ4v) is 2.59. The number of amides is 1. The van der Waals surface area contributed by atoms with Gasteiger partial charge in [0.1, 0.15) is 5.82 Å². The minimum atomic E-state index is -0.518. The number of nitrogen functional groups attached to an aromatic ring is 1. The summed E-state index contributed by atoms with van der Waals surface area (Å²) in [5.74, 6) is 0.259. The van der Waals surface area contributed by atoms with E-state index < -0.39 is 5.91 Å². The third-order valence-electron chi connectivity index (χ3n) is 3.75. The molecule has 1 saturated carbocycles. The number of pyridine rings is 1. The Bertz CT molecular complexity index is 766. The van der Waals surface area contributed by atoms with Gasteiger partial charge in [0.05, 0.1) is 11.3 Å². The van der Waals surface area contributed by atoms with Crippen LogP contribution in [-0.4, -0.2) is 26.9 Å². The smallest absolute Gasteiger partial charge is 0.252 e. The number of hydrogen-bond donors (Lipinski definition) is 4. The Morgan fingerprint density at radius 3 is 2.86 bits per heavy atom. The molecule has 6 N–H and O–H groups in total. The first-order chi connectivity index (χ1) is 10.5. The van der Waals surface area contributed by atoms with E-state index in [9.17, 15) is 9.59 Å². The quantitative estimate of drug-likeness (QED) is 0.636. The summed E-state index contributed by atoms with van der Waals surface area (Å²) in [5, 5.41) is 3.20. The van der Waals surface area contributed by atoms with Gasteiger partial charge in [-0.2, -0.15) is 0 Å². The van der Waals surface area contributed by atoms with Gasteiger partial charge in [0, 0.05) is 24.2 Å². The molecule has 8 heteroatoms. The Morgan fingerprint density at radius 1 is 1.41 bits per heavy atom. The van der Waals surface area contributed by atoms with E-state index in [4.69, 9.17) is 11.5 Å². The van der Waals surface area contributed by atoms with Crippen molar-refractivity contribution in [1.82, 2.24) is 15.0 Å². The molecule has 0 bridgehead atoms. The molecule has 1 amide bonds. The number of hydrogen-bond acceptors (Lipinski definition) is 6. The van der Waals surface area contributed by atoms with Crippen molar-refractivity contribution in [2.24, 2.45) is 5.73 Å². The topological polar surface area (TPSA) is 140 Å². The molecule has 2 aromatic rings. The molecule has 0 saturated heterocycles. The number of nitrogens with one attached hydrogen (secondary N) is 2. The van der Waals surface area contributed by atoms with Crippen molar-refractivity contribution in [1.29, 1.82) is 0 Å². The zero-order valence-electron chi connectivity index (χ0n) is 11.7. The van der Waals surface area contributed by atoms with Gasteiger partial charge in [-0.3, -0.25) is 14.6 Å². The van der Waals surface area contributed by atoms with Gasteiger partial charge in [-0.1, -0.05) is 0 Å². The van der Waals surface area contributed by atoms with E-state index in [1.807, 2.05) is 0 Å². The van der Waals surface area contributed by atoms with Crippen molar-refractivity contribution in [3.05, 3.63) is 46.0 Å². The molecule has 2 aromatic heterocycles. The van der Waals surface area contributed by atoms with Crippen molar-refractivity contribution in [2.45, 2.75) is 24.8 Å². The summed E-state index contributed by atoms with van der Waals surface area (Å²) in [6.45, 7) is 0. The number of aromatic amines is 1. The molecule has 1 aliphatic rings. The van der Waals surface area contributed by atoms with Crippen molar-refractivity contribution >= 4 is 17.7 Å². The molecule has 3 rings (SSSR count). The minimum Gasteiger partial charge on any atom is -0.369 e. The molecule has 0 unspecified atom stereocenters. The monoisotopic (exact) mass is 300 g/mol. The van der Waals surface area contributed by atoms with E-state index in [1.165, 1.54) is 6.07 Å². The number of primary amides is 1. The lowest BCUT2D eigenvalue weighted by molar-refractivity contribution is 0.100. The molecule has 1 aliphatic carbocycles. The van der Waals surface area contributed by atoms with Crippen LogP contribution < -0.4 is 22.3 Å². The van der Waals surface area contributed by atoms with Gasteiger partial charge in [0.2, 0.25) is 5.95 Å². The number of aromatic nitrogens is 3. The number of anilines is 2. The Hall–Kier alpha value is -2.90. The Kier molecular flexibility index (Phi) is 3.50. The normalized spacial score (nSPS) is 20.2. The van der Waals surface area contributed by atoms with Crippen molar-refractivity contribution in [2.75, 3.05) is 11.1 Å². The summed E-state index contributed by atoms with van der Waals surface area (Å²) in [4.78, 5) is 33.5. The van der Waals surface area contributed by atoms with E-state index >= 15 is 0 Å². The first-order valence-electron chi connectivity index (χ1n) is 6.91. The van der Waals surface area contributed by atoms with Gasteiger partial charge in [0.15, 0.2) is 0 Å². The summed E-state index contributed by atoms with van der Waals surface area (Å²) in [6, 6.07) is 4.91. The van der Waals surface area contributed by atoms with Crippen LogP contribution in [0, 0.1) is 0 Å². The molecule has 0 radical (unpaired) electrons. The average Bonchev–Trinajstić information content (AvgIpc) is 2.41. The minimum absolute atomic E-state index is 0.125. The van der Waals surface area contributed by atoms with Gasteiger partial charge >= 0.3 is 0 Å². The highest BCUT2D eigenvalue weighted by Gasteiger charge is 2.32. The van der Waals surface area contributed by atoms with Crippen LogP contribution in [0.2, 0.25) is 0 Å². The van der Waals surface area contributed by atoms with Gasteiger partial charge in [-0.05, 0) is 25.0 Å². The van der Waals surface area contributed by atoms with Crippen LogP contribution in [0.4, 0.5) is 11.8 Å². The van der Waals surface area contributed by atoms with E-state index in [0.717, 1.165) is 12.8 Å². The second-order valence-corrected chi connectivity index (χ2v) is 5.33. The van der Waals surface area contributed by atoms with Gasteiger partial charge < -0.3 is 16.8 Å². The molecule has 2 heterocycles. The van der Waals surface area contributed by atoms with Crippen molar-refractivity contribution < 1.29 is 4.79 Å². The summed E-state index contributed by atoms with van der Waals surface area (Å²) in [7, 11) is 0. The average molecular weight is 300 g/mol. The van der Waals surface area contributed by atoms with Crippen LogP contribution in [0.1, 0.15) is 34.8 Å². The van der Waals surface area contributed by atoms with Crippen LogP contribution in [-0.2, 0) is 0 Å². The third-order valence-corrected chi connectivity index (χ3v) is 3.75. The molecule has 0 spiro atoms. The van der Waals surface area contributed by atoms with Crippen LogP contribution in [0.15, 0.2) is 29.2 Å². The lowest BCUT2D eigenvalue weighted by atomic mass is 9.78. The van der Waals surface area contributed by atoms with Crippen LogP contribution in [0.5, 0.6) is 0 Å². The van der Waals surface area contributed by atoms with E-state index in [2.05, 4.69) is 20.3 Å². The van der Waals surface area contributed by atoms with E-state index in [-0.39, 0.29) is 23.5 Å². The lowest BCUT2D eigenvalue weighted by Crippen LogP contribution is -2.36. The maximum absolute atomic E-state index is 11.4. The predicted molar refractivity (Wildman–Crippen MR) is 81.4 cm³/mol. The van der Waals surface area contributed by atoms with Gasteiger partial charge in [0.25, 0.3) is 11.5 Å². The van der Waals surface area contributed by atoms with Crippen LogP contribution in [0.25, 0.3) is 0 Å². The molecule has 0 aliphatic heterocycles. The molecule has 1 fully saturated rings. The second kappa shape index (κ2) is 5.47. The third kappa shape index (κ3) is 2.76. The number of H-pyrrole nitrogens is 1. The Labute approximate surface area is 126 Å². The molecule has 22 heavy (non-hydrogen) atoms. The van der Waals surface area contributed by atoms with Gasteiger partial charge in [-0.25, -0.2) is 9.97 Å². The summed E-state index contributed by atoms with van der Waals surface area (Å²) < 4.78 is 0. The van der Waals surface area contributed by atoms with Crippen LogP contribution >= 0.6 is 0 Å². The number of nitrogens with two attached hydrogens (primary N) is 2. The number of carbonyl (C=O) groups excluding carboxylic acids is 1. The standard InChI is InChI=1S/C14H16N6O2/c15-12(22)9-2-1-3-17-13(9)18-8-4-7(5-8)10-6-11(21)20-14(16)19-10/h1-3,6-8H,4-5H2,(H2,15,22)(H,17,18)(H3,16,19,20,21). The van der Waals surface area contributed by atoms with E-state index in [1.54, 1.807) is 18.3 Å². The second-order valence-electron chi connectivity index (χ2n) is 5.33. The number of carbonyl (C=O) groups is 1. The zero-order valence-corrected chi connectivity index (χ0v) is 11.7. The number of nitrogens with zero attached hydrogens (tertiary/aromatic N) is 2. The van der Waals surface area contributed by atoms with Crippen molar-refractivity contribution in [3.63, 3.8) is 0 Å². The first-order valence-corrected chi connectivity index (χ1v) is 6.91. The summed E-state index contributed by atoms with van der Waals surface area (Å²) in [5.41, 5.74) is 11.7. The summed E-state index contributed by atoms with van der Waals surface area (Å²) in [6.07, 6.45) is 3.17. The zero-order chi connectivity index (χ0) is 15.7. The Balaban J connectivity index is 1.67. The van der Waals surface area contributed by atoms with Gasteiger partial charge in [-0.15, -0.1) is 0 Å². The first kappa shape index (κ1) is 14.1. The van der Waals surface area contributed by atoms with Crippen molar-refractivity contribution in [3.8, 4) is 0 Å². The molecule has 114 valence electrons. The summed E-state index contributed by atoms with van der Waals surface area (Å²) >= 11 is 0. The highest BCUT2D eigenvalue weighted by molar-refractivity contribution is 5.97. The molecular weight excluding hydrogens is 284 g/mol. The van der Waals surface area contributed by atoms with E-state index in [0.29, 0.717) is 17.1 Å². The van der Waals surface area contributed by atoms with Crippen LogP contribution in [0.3, 0.4) is 0 Å². The largest absolute Gasteiger partial charge is 0.369 e. The lowest BCUT2D eigenvalue weighted by Gasteiger charge is -2.36. The molecule has 0 aromatic carbocycles. The highest BCUT2D eigenvalue weighted by atomic mass is 16.1. The fraction of sp³-hybridized carbons (Fsp3) is 0.286. The number of rotatable bonds is 4. The SMILES string of the molecule is NC(=O)c1cccnc1NC1CC(c2cc(=O)[nH]c(N)n2)C1. The maximum Gasteiger partial charge on any atom is 0.252 e. The predicted octanol–water partition coefficient (Wildman–Crippen LogP) is 0.204. The fourth-order valence-electron chi connectivity index (χ4n) is 2.59. The molecular formula is C14H16N6O2.